The van der Waals surface area contributed by atoms with E-state index in [1.807, 2.05) is 70.2 Å². The van der Waals surface area contributed by atoms with Gasteiger partial charge in [0.05, 0.1) is 23.7 Å². The molecule has 2 aromatic carbocycles. The van der Waals surface area contributed by atoms with Crippen LogP contribution >= 0.6 is 0 Å². The van der Waals surface area contributed by atoms with Gasteiger partial charge in [-0.15, -0.1) is 0 Å². The highest BCUT2D eigenvalue weighted by molar-refractivity contribution is 6.06. The third-order valence-corrected chi connectivity index (χ3v) is 8.47. The zero-order chi connectivity index (χ0) is 33.9. The van der Waals surface area contributed by atoms with Gasteiger partial charge in [0.1, 0.15) is 6.04 Å². The largest absolute Gasteiger partial charge is 0.343 e. The number of aromatic nitrogens is 1. The lowest BCUT2D eigenvalue weighted by atomic mass is 9.82. The number of hydrogen-bond donors (Lipinski definition) is 4. The number of amides is 5. The van der Waals surface area contributed by atoms with Crippen LogP contribution in [-0.4, -0.2) is 56.4 Å². The quantitative estimate of drug-likeness (QED) is 0.274. The molecule has 2 aliphatic heterocycles. The molecule has 0 fully saturated rings. The van der Waals surface area contributed by atoms with Gasteiger partial charge in [-0.25, -0.2) is 9.80 Å². The summed E-state index contributed by atoms with van der Waals surface area (Å²) in [6.45, 7) is 10.4. The second kappa shape index (κ2) is 13.7. The maximum absolute atomic E-state index is 13.3. The predicted molar refractivity (Wildman–Crippen MR) is 180 cm³/mol. The number of hydrogen-bond acceptors (Lipinski definition) is 7. The number of fused-ring (bicyclic) bond motifs is 1. The molecule has 246 valence electrons. The Bertz CT molecular complexity index is 1660. The summed E-state index contributed by atoms with van der Waals surface area (Å²) in [5.74, 6) is -0.882. The van der Waals surface area contributed by atoms with Crippen molar-refractivity contribution in [2.75, 3.05) is 10.6 Å². The minimum Gasteiger partial charge on any atom is -0.343 e. The Labute approximate surface area is 274 Å². The molecule has 3 heterocycles. The summed E-state index contributed by atoms with van der Waals surface area (Å²) >= 11 is 0. The van der Waals surface area contributed by atoms with Crippen LogP contribution in [0.3, 0.4) is 0 Å². The molecule has 3 aromatic rings. The maximum Gasteiger partial charge on any atom is 0.322 e. The van der Waals surface area contributed by atoms with Crippen molar-refractivity contribution >= 4 is 40.8 Å². The van der Waals surface area contributed by atoms with Crippen molar-refractivity contribution in [1.29, 1.82) is 0 Å². The smallest absolute Gasteiger partial charge is 0.322 e. The van der Waals surface area contributed by atoms with E-state index in [0.717, 1.165) is 28.0 Å². The standard InChI is InChI=1S/C35H42N8O4/c1-21(2)30(36)32(45)38-22(3)31(44)39-27-10-6-23(7-11-27)18-43-33(46)35(4,5)16-29(41-43)24-8-12-28(13-9-24)40-34(47)42-19-25-14-15-37-17-26(25)20-42/h6-15,17,21-22,30H,16,18-20,36H2,1-5H3,(H,38,45)(H,39,44)(H,40,47)/t22-,30-/m0/s1. The van der Waals surface area contributed by atoms with Crippen LogP contribution in [0, 0.1) is 11.3 Å². The second-order valence-corrected chi connectivity index (χ2v) is 13.2. The highest BCUT2D eigenvalue weighted by Gasteiger charge is 2.38. The van der Waals surface area contributed by atoms with Crippen LogP contribution in [0.25, 0.3) is 0 Å². The van der Waals surface area contributed by atoms with Crippen molar-refractivity contribution in [3.8, 4) is 0 Å². The van der Waals surface area contributed by atoms with E-state index in [1.54, 1.807) is 36.4 Å². The second-order valence-electron chi connectivity index (χ2n) is 13.2. The van der Waals surface area contributed by atoms with E-state index in [2.05, 4.69) is 20.9 Å². The number of anilines is 2. The molecule has 0 saturated carbocycles. The first-order valence-corrected chi connectivity index (χ1v) is 15.7. The van der Waals surface area contributed by atoms with Crippen LogP contribution in [0.1, 0.15) is 63.3 Å². The van der Waals surface area contributed by atoms with Crippen LogP contribution < -0.4 is 21.7 Å². The maximum atomic E-state index is 13.3. The lowest BCUT2D eigenvalue weighted by molar-refractivity contribution is -0.141. The Hall–Kier alpha value is -5.10. The van der Waals surface area contributed by atoms with Crippen LogP contribution in [0.15, 0.2) is 72.1 Å². The predicted octanol–water partition coefficient (Wildman–Crippen LogP) is 4.22. The molecule has 2 atom stereocenters. The lowest BCUT2D eigenvalue weighted by Gasteiger charge is -2.34. The number of hydrazone groups is 1. The topological polar surface area (TPSA) is 162 Å². The first-order chi connectivity index (χ1) is 22.3. The van der Waals surface area contributed by atoms with Gasteiger partial charge in [0.25, 0.3) is 0 Å². The van der Waals surface area contributed by atoms with Gasteiger partial charge in [-0.05, 0) is 65.4 Å². The van der Waals surface area contributed by atoms with Crippen LogP contribution in [-0.2, 0) is 34.0 Å². The summed E-state index contributed by atoms with van der Waals surface area (Å²) < 4.78 is 0. The summed E-state index contributed by atoms with van der Waals surface area (Å²) in [4.78, 5) is 57.0. The van der Waals surface area contributed by atoms with E-state index < -0.39 is 17.5 Å². The molecule has 1 aromatic heterocycles. The number of nitrogens with one attached hydrogen (secondary N) is 3. The van der Waals surface area contributed by atoms with E-state index >= 15 is 0 Å². The van der Waals surface area contributed by atoms with E-state index in [1.165, 1.54) is 5.01 Å². The average molecular weight is 639 g/mol. The van der Waals surface area contributed by atoms with Crippen molar-refractivity contribution in [1.82, 2.24) is 20.2 Å². The van der Waals surface area contributed by atoms with Crippen molar-refractivity contribution in [3.63, 3.8) is 0 Å². The Kier molecular flexibility index (Phi) is 9.71. The van der Waals surface area contributed by atoms with Gasteiger partial charge in [0, 0.05) is 43.3 Å². The van der Waals surface area contributed by atoms with E-state index in [0.29, 0.717) is 30.9 Å². The number of carbonyl (C=O) groups excluding carboxylic acids is 4. The Morgan fingerprint density at radius 2 is 1.53 bits per heavy atom. The number of carbonyl (C=O) groups is 4. The van der Waals surface area contributed by atoms with Gasteiger partial charge < -0.3 is 26.6 Å². The molecule has 0 radical (unpaired) electrons. The third-order valence-electron chi connectivity index (χ3n) is 8.47. The molecule has 12 heteroatoms. The molecule has 5 amide bonds. The zero-order valence-electron chi connectivity index (χ0n) is 27.4. The number of pyridine rings is 1. The van der Waals surface area contributed by atoms with E-state index in [-0.39, 0.29) is 36.2 Å². The average Bonchev–Trinajstić information content (AvgIpc) is 3.48. The Morgan fingerprint density at radius 3 is 2.19 bits per heavy atom. The van der Waals surface area contributed by atoms with Crippen molar-refractivity contribution in [2.24, 2.45) is 22.2 Å². The molecule has 5 N–H and O–H groups in total. The van der Waals surface area contributed by atoms with Crippen LogP contribution in [0.2, 0.25) is 0 Å². The summed E-state index contributed by atoms with van der Waals surface area (Å²) in [5, 5.41) is 14.6. The molecule has 47 heavy (non-hydrogen) atoms. The number of nitrogens with two attached hydrogens (primary N) is 1. The van der Waals surface area contributed by atoms with Gasteiger partial charge in [-0.3, -0.25) is 19.4 Å². The van der Waals surface area contributed by atoms with Crippen molar-refractivity contribution in [2.45, 2.75) is 72.8 Å². The van der Waals surface area contributed by atoms with Crippen LogP contribution in [0.5, 0.6) is 0 Å². The number of benzene rings is 2. The molecule has 0 bridgehead atoms. The number of urea groups is 1. The SMILES string of the molecule is CC(C)[C@H](N)C(=O)N[C@@H](C)C(=O)Nc1ccc(CN2N=C(c3ccc(NC(=O)N4Cc5ccncc5C4)cc3)CC(C)(C)C2=O)cc1. The summed E-state index contributed by atoms with van der Waals surface area (Å²) in [6, 6.07) is 14.9. The van der Waals surface area contributed by atoms with Gasteiger partial charge in [-0.1, -0.05) is 52.0 Å². The third kappa shape index (κ3) is 7.83. The highest BCUT2D eigenvalue weighted by Crippen LogP contribution is 2.32. The summed E-state index contributed by atoms with van der Waals surface area (Å²) in [5.41, 5.74) is 11.1. The number of rotatable bonds is 9. The van der Waals surface area contributed by atoms with Crippen LogP contribution in [0.4, 0.5) is 16.2 Å². The molecule has 0 unspecified atom stereocenters. The molecule has 2 aliphatic rings. The normalized spacial score (nSPS) is 16.7. The minimum absolute atomic E-state index is 0.0480. The highest BCUT2D eigenvalue weighted by atomic mass is 16.2. The monoisotopic (exact) mass is 638 g/mol. The van der Waals surface area contributed by atoms with Crippen molar-refractivity contribution in [3.05, 3.63) is 89.2 Å². The fourth-order valence-electron chi connectivity index (χ4n) is 5.44. The van der Waals surface area contributed by atoms with Gasteiger partial charge in [-0.2, -0.15) is 5.10 Å². The summed E-state index contributed by atoms with van der Waals surface area (Å²) in [6.07, 6.45) is 4.00. The Morgan fingerprint density at radius 1 is 0.894 bits per heavy atom. The molecule has 12 nitrogen and oxygen atoms in total. The van der Waals surface area contributed by atoms with E-state index in [4.69, 9.17) is 10.8 Å². The molecule has 0 saturated heterocycles. The first kappa shape index (κ1) is 33.3. The van der Waals surface area contributed by atoms with Gasteiger partial charge >= 0.3 is 6.03 Å². The lowest BCUT2D eigenvalue weighted by Crippen LogP contribution is -2.50. The van der Waals surface area contributed by atoms with Gasteiger partial charge in [0.2, 0.25) is 17.7 Å². The zero-order valence-corrected chi connectivity index (χ0v) is 27.4. The molecule has 0 aliphatic carbocycles. The fraction of sp³-hybridized carbons (Fsp3) is 0.371. The molecular weight excluding hydrogens is 596 g/mol. The van der Waals surface area contributed by atoms with Gasteiger partial charge in [0.15, 0.2) is 0 Å². The first-order valence-electron chi connectivity index (χ1n) is 15.7. The minimum atomic E-state index is -0.765. The van der Waals surface area contributed by atoms with Crippen molar-refractivity contribution < 1.29 is 19.2 Å². The molecule has 5 rings (SSSR count). The Balaban J connectivity index is 1.20. The summed E-state index contributed by atoms with van der Waals surface area (Å²) in [7, 11) is 0. The number of nitrogens with zero attached hydrogens (tertiary/aromatic N) is 4. The fourth-order valence-corrected chi connectivity index (χ4v) is 5.44. The molecular formula is C35H42N8O4. The molecule has 0 spiro atoms. The van der Waals surface area contributed by atoms with E-state index in [9.17, 15) is 19.2 Å².